The van der Waals surface area contributed by atoms with Crippen LogP contribution in [0.25, 0.3) is 0 Å². The van der Waals surface area contributed by atoms with Crippen molar-refractivity contribution < 1.29 is 19.0 Å². The highest BCUT2D eigenvalue weighted by atomic mass is 16.5. The molecular formula is C18H28O4. The first-order chi connectivity index (χ1) is 10.9. The molecule has 124 valence electrons. The second kappa shape index (κ2) is 13.3. The fourth-order valence-corrected chi connectivity index (χ4v) is 1.99. The number of ether oxygens (including phenoxy) is 3. The number of aldehydes is 1. The summed E-state index contributed by atoms with van der Waals surface area (Å²) in [6.07, 6.45) is 7.11. The smallest absolute Gasteiger partial charge is 0.150 e. The summed E-state index contributed by atoms with van der Waals surface area (Å²) >= 11 is 0. The molecule has 0 aliphatic carbocycles. The molecule has 1 rings (SSSR count). The summed E-state index contributed by atoms with van der Waals surface area (Å²) in [5.41, 5.74) is 0.649. The third kappa shape index (κ3) is 9.53. The van der Waals surface area contributed by atoms with Gasteiger partial charge in [0.1, 0.15) is 18.6 Å². The van der Waals surface area contributed by atoms with Gasteiger partial charge in [-0.2, -0.15) is 0 Å². The zero-order valence-electron chi connectivity index (χ0n) is 13.6. The lowest BCUT2D eigenvalue weighted by atomic mass is 10.2. The normalized spacial score (nSPS) is 10.6. The molecule has 0 unspecified atom stereocenters. The minimum Gasteiger partial charge on any atom is -0.491 e. The maximum absolute atomic E-state index is 10.5. The van der Waals surface area contributed by atoms with E-state index in [2.05, 4.69) is 6.92 Å². The number of hydrogen-bond acceptors (Lipinski definition) is 4. The summed E-state index contributed by atoms with van der Waals surface area (Å²) in [5.74, 6) is 0.748. The topological polar surface area (TPSA) is 44.8 Å². The van der Waals surface area contributed by atoms with Crippen molar-refractivity contribution in [3.8, 4) is 5.75 Å². The Morgan fingerprint density at radius 3 is 2.14 bits per heavy atom. The van der Waals surface area contributed by atoms with E-state index < -0.39 is 0 Å². The molecule has 0 aliphatic heterocycles. The molecule has 0 N–H and O–H groups in total. The largest absolute Gasteiger partial charge is 0.491 e. The molecule has 0 saturated carbocycles. The van der Waals surface area contributed by atoms with Gasteiger partial charge in [0.15, 0.2) is 0 Å². The van der Waals surface area contributed by atoms with Gasteiger partial charge in [-0.15, -0.1) is 0 Å². The van der Waals surface area contributed by atoms with E-state index in [-0.39, 0.29) is 0 Å². The van der Waals surface area contributed by atoms with E-state index in [0.717, 1.165) is 25.1 Å². The summed E-state index contributed by atoms with van der Waals surface area (Å²) in [5, 5.41) is 0. The first-order valence-electron chi connectivity index (χ1n) is 8.20. The lowest BCUT2D eigenvalue weighted by Crippen LogP contribution is -2.11. The monoisotopic (exact) mass is 308 g/mol. The van der Waals surface area contributed by atoms with Crippen LogP contribution in [0.2, 0.25) is 0 Å². The Hall–Kier alpha value is -1.39. The highest BCUT2D eigenvalue weighted by Gasteiger charge is 1.95. The van der Waals surface area contributed by atoms with Gasteiger partial charge >= 0.3 is 0 Å². The minimum absolute atomic E-state index is 0.497. The van der Waals surface area contributed by atoms with Gasteiger partial charge in [0.25, 0.3) is 0 Å². The Morgan fingerprint density at radius 1 is 0.818 bits per heavy atom. The van der Waals surface area contributed by atoms with Crippen molar-refractivity contribution in [3.05, 3.63) is 29.8 Å². The van der Waals surface area contributed by atoms with Crippen molar-refractivity contribution >= 4 is 6.29 Å². The Morgan fingerprint density at radius 2 is 1.45 bits per heavy atom. The van der Waals surface area contributed by atoms with Crippen molar-refractivity contribution in [3.63, 3.8) is 0 Å². The van der Waals surface area contributed by atoms with Crippen LogP contribution in [0.1, 0.15) is 49.4 Å². The second-order valence-corrected chi connectivity index (χ2v) is 5.17. The summed E-state index contributed by atoms with van der Waals surface area (Å²) < 4.78 is 16.5. The van der Waals surface area contributed by atoms with E-state index in [1.165, 1.54) is 25.7 Å². The van der Waals surface area contributed by atoms with Crippen molar-refractivity contribution in [2.45, 2.75) is 39.0 Å². The molecule has 0 saturated heterocycles. The minimum atomic E-state index is 0.497. The van der Waals surface area contributed by atoms with E-state index in [0.29, 0.717) is 32.0 Å². The van der Waals surface area contributed by atoms with E-state index in [9.17, 15) is 4.79 Å². The van der Waals surface area contributed by atoms with Crippen LogP contribution >= 0.6 is 0 Å². The van der Waals surface area contributed by atoms with Crippen molar-refractivity contribution in [2.75, 3.05) is 33.0 Å². The number of unbranched alkanes of at least 4 members (excludes halogenated alkanes) is 4. The Balaban J connectivity index is 1.86. The average Bonchev–Trinajstić information content (AvgIpc) is 2.56. The Labute approximate surface area is 133 Å². The fourth-order valence-electron chi connectivity index (χ4n) is 1.99. The van der Waals surface area contributed by atoms with Crippen LogP contribution in [0.5, 0.6) is 5.75 Å². The van der Waals surface area contributed by atoms with Gasteiger partial charge in [0.05, 0.1) is 19.8 Å². The summed E-state index contributed by atoms with van der Waals surface area (Å²) in [7, 11) is 0. The predicted molar refractivity (Wildman–Crippen MR) is 87.7 cm³/mol. The van der Waals surface area contributed by atoms with E-state index in [1.54, 1.807) is 24.3 Å². The molecular weight excluding hydrogens is 280 g/mol. The number of carbonyl (C=O) groups excluding carboxylic acids is 1. The first-order valence-corrected chi connectivity index (χ1v) is 8.20. The molecule has 0 atom stereocenters. The fraction of sp³-hybridized carbons (Fsp3) is 0.611. The zero-order valence-corrected chi connectivity index (χ0v) is 13.6. The molecule has 0 radical (unpaired) electrons. The maximum atomic E-state index is 10.5. The van der Waals surface area contributed by atoms with Gasteiger partial charge in [-0.05, 0) is 30.7 Å². The van der Waals surface area contributed by atoms with Crippen LogP contribution in [0.15, 0.2) is 24.3 Å². The molecule has 22 heavy (non-hydrogen) atoms. The van der Waals surface area contributed by atoms with Crippen LogP contribution in [-0.4, -0.2) is 39.3 Å². The summed E-state index contributed by atoms with van der Waals surface area (Å²) in [6.45, 7) is 5.32. The molecule has 0 fully saturated rings. The zero-order chi connectivity index (χ0) is 15.9. The first kappa shape index (κ1) is 18.7. The highest BCUT2D eigenvalue weighted by Crippen LogP contribution is 2.10. The molecule has 0 spiro atoms. The van der Waals surface area contributed by atoms with Gasteiger partial charge in [0.2, 0.25) is 0 Å². The quantitative estimate of drug-likeness (QED) is 0.386. The molecule has 0 aromatic heterocycles. The van der Waals surface area contributed by atoms with Gasteiger partial charge in [-0.1, -0.05) is 32.6 Å². The predicted octanol–water partition coefficient (Wildman–Crippen LogP) is 3.88. The maximum Gasteiger partial charge on any atom is 0.150 e. The second-order valence-electron chi connectivity index (χ2n) is 5.17. The molecule has 0 aliphatic rings. The molecule has 4 heteroatoms. The van der Waals surface area contributed by atoms with Crippen LogP contribution < -0.4 is 4.74 Å². The van der Waals surface area contributed by atoms with Crippen LogP contribution in [0.3, 0.4) is 0 Å². The van der Waals surface area contributed by atoms with Gasteiger partial charge in [-0.25, -0.2) is 0 Å². The molecule has 4 nitrogen and oxygen atoms in total. The van der Waals surface area contributed by atoms with E-state index >= 15 is 0 Å². The Kier molecular flexibility index (Phi) is 11.3. The summed E-state index contributed by atoms with van der Waals surface area (Å²) in [6, 6.07) is 7.03. The Bertz CT molecular complexity index is 375. The summed E-state index contributed by atoms with van der Waals surface area (Å²) in [4.78, 5) is 10.5. The number of rotatable bonds is 14. The number of benzene rings is 1. The SMILES string of the molecule is CCCCCCCOCCOCCOc1ccc(C=O)cc1. The molecule has 0 heterocycles. The third-order valence-electron chi connectivity index (χ3n) is 3.28. The number of carbonyl (C=O) groups is 1. The van der Waals surface area contributed by atoms with Crippen molar-refractivity contribution in [1.29, 1.82) is 0 Å². The van der Waals surface area contributed by atoms with Crippen LogP contribution in [-0.2, 0) is 9.47 Å². The lowest BCUT2D eigenvalue weighted by Gasteiger charge is -2.08. The highest BCUT2D eigenvalue weighted by molar-refractivity contribution is 5.74. The van der Waals surface area contributed by atoms with E-state index in [4.69, 9.17) is 14.2 Å². The molecule has 1 aromatic carbocycles. The van der Waals surface area contributed by atoms with Crippen molar-refractivity contribution in [1.82, 2.24) is 0 Å². The third-order valence-corrected chi connectivity index (χ3v) is 3.28. The number of hydrogen-bond donors (Lipinski definition) is 0. The average molecular weight is 308 g/mol. The molecule has 1 aromatic rings. The van der Waals surface area contributed by atoms with Gasteiger partial charge in [-0.3, -0.25) is 4.79 Å². The van der Waals surface area contributed by atoms with Gasteiger partial charge < -0.3 is 14.2 Å². The van der Waals surface area contributed by atoms with E-state index in [1.807, 2.05) is 0 Å². The van der Waals surface area contributed by atoms with Gasteiger partial charge in [0, 0.05) is 12.2 Å². The lowest BCUT2D eigenvalue weighted by molar-refractivity contribution is 0.0352. The molecule has 0 bridgehead atoms. The van der Waals surface area contributed by atoms with Crippen molar-refractivity contribution in [2.24, 2.45) is 0 Å². The molecule has 0 amide bonds. The van der Waals surface area contributed by atoms with Crippen LogP contribution in [0, 0.1) is 0 Å². The van der Waals surface area contributed by atoms with Crippen LogP contribution in [0.4, 0.5) is 0 Å². The standard InChI is InChI=1S/C18H28O4/c1-2-3-4-5-6-11-20-12-13-21-14-15-22-18-9-7-17(16-19)8-10-18/h7-10,16H,2-6,11-15H2,1H3.